The summed E-state index contributed by atoms with van der Waals surface area (Å²) in [6.45, 7) is 47.4. The zero-order valence-electron chi connectivity index (χ0n) is 63.6. The molecule has 7 rings (SSSR count). The van der Waals surface area contributed by atoms with Gasteiger partial charge in [-0.3, -0.25) is 14.4 Å². The average Bonchev–Trinajstić information content (AvgIpc) is 1.59. The van der Waals surface area contributed by atoms with Gasteiger partial charge in [-0.2, -0.15) is 0 Å². The molecule has 0 radical (unpaired) electrons. The maximum absolute atomic E-state index is 15.1. The minimum atomic E-state index is -1.42. The third-order valence-electron chi connectivity index (χ3n) is 19.1. The van der Waals surface area contributed by atoms with Crippen LogP contribution in [0.2, 0.25) is 0 Å². The van der Waals surface area contributed by atoms with Crippen LogP contribution in [0.1, 0.15) is 315 Å². The zero-order chi connectivity index (χ0) is 71.3. The molecule has 0 bridgehead atoms. The van der Waals surface area contributed by atoms with Gasteiger partial charge in [-0.15, -0.1) is 0 Å². The van der Waals surface area contributed by atoms with E-state index in [1.165, 1.54) is 120 Å². The highest BCUT2D eigenvalue weighted by atomic mass is 79.9. The van der Waals surface area contributed by atoms with E-state index >= 15 is 4.39 Å². The first-order valence-electron chi connectivity index (χ1n) is 36.4. The lowest BCUT2D eigenvalue weighted by Gasteiger charge is -2.37. The number of carbonyl (C=O) groups excluding carboxylic acids is 4. The molecular formula is C83H134BrFN2O6S. The number of methoxy groups -OCH3 is 2. The summed E-state index contributed by atoms with van der Waals surface area (Å²) in [5, 5.41) is 5.27. The summed E-state index contributed by atoms with van der Waals surface area (Å²) in [6, 6.07) is 18.5. The van der Waals surface area contributed by atoms with E-state index in [1.54, 1.807) is 37.8 Å². The topological polar surface area (TPSA) is 102 Å². The van der Waals surface area contributed by atoms with Crippen molar-refractivity contribution in [1.82, 2.24) is 10.2 Å². The molecule has 3 fully saturated rings. The van der Waals surface area contributed by atoms with E-state index in [0.717, 1.165) is 72.4 Å². The predicted octanol–water partition coefficient (Wildman–Crippen LogP) is 24.4. The van der Waals surface area contributed by atoms with Crippen LogP contribution in [-0.4, -0.2) is 67.4 Å². The van der Waals surface area contributed by atoms with Crippen LogP contribution in [0.4, 0.5) is 4.39 Å². The Labute approximate surface area is 588 Å². The highest BCUT2D eigenvalue weighted by Gasteiger charge is 2.59. The fraction of sp³-hybridized carbons (Fsp3) is 0.663. The van der Waals surface area contributed by atoms with Gasteiger partial charge in [0.05, 0.1) is 13.0 Å². The van der Waals surface area contributed by atoms with E-state index in [9.17, 15) is 19.2 Å². The largest absolute Gasteiger partial charge is 0.496 e. The Hall–Kier alpha value is -4.32. The van der Waals surface area contributed by atoms with E-state index in [4.69, 9.17) is 9.47 Å². The van der Waals surface area contributed by atoms with Crippen LogP contribution in [0.25, 0.3) is 4.91 Å². The fourth-order valence-electron chi connectivity index (χ4n) is 11.8. The van der Waals surface area contributed by atoms with Crippen molar-refractivity contribution in [2.45, 2.75) is 303 Å². The molecule has 3 aromatic rings. The number of thioether (sulfide) groups is 1. The number of Topliss-reactive ketones (excluding diaryl/α,β-unsaturated/α-hetero) is 2. The molecule has 11 heteroatoms. The summed E-state index contributed by atoms with van der Waals surface area (Å²) >= 11 is 5.31. The molecule has 4 aliphatic rings. The molecular weight excluding hydrogens is 1250 g/mol. The third kappa shape index (κ3) is 31.5. The monoisotopic (exact) mass is 1380 g/mol. The van der Waals surface area contributed by atoms with Crippen LogP contribution >= 0.6 is 27.7 Å². The van der Waals surface area contributed by atoms with Crippen molar-refractivity contribution in [2.24, 2.45) is 29.1 Å². The van der Waals surface area contributed by atoms with Crippen LogP contribution in [0.15, 0.2) is 87.8 Å². The maximum Gasteiger partial charge on any atom is 0.243 e. The molecule has 2 saturated carbocycles. The van der Waals surface area contributed by atoms with Gasteiger partial charge in [-0.05, 0) is 199 Å². The molecule has 1 saturated heterocycles. The Kier molecular flexibility index (Phi) is 43.7. The van der Waals surface area contributed by atoms with Gasteiger partial charge in [0.2, 0.25) is 11.8 Å². The number of rotatable bonds is 24. The van der Waals surface area contributed by atoms with Crippen molar-refractivity contribution in [1.29, 1.82) is 0 Å². The van der Waals surface area contributed by atoms with Gasteiger partial charge >= 0.3 is 0 Å². The van der Waals surface area contributed by atoms with Crippen molar-refractivity contribution in [3.05, 3.63) is 127 Å². The second kappa shape index (κ2) is 46.8. The minimum absolute atomic E-state index is 0.0940. The first kappa shape index (κ1) is 87.7. The van der Waals surface area contributed by atoms with Crippen molar-refractivity contribution in [3.8, 4) is 5.75 Å². The number of allylic oxidation sites excluding steroid dienone is 3. The smallest absolute Gasteiger partial charge is 0.243 e. The van der Waals surface area contributed by atoms with Crippen molar-refractivity contribution in [2.75, 3.05) is 27.4 Å². The van der Waals surface area contributed by atoms with Gasteiger partial charge in [-0.1, -0.05) is 242 Å². The highest BCUT2D eigenvalue weighted by molar-refractivity contribution is 9.10. The molecule has 2 aliphatic heterocycles. The molecule has 6 atom stereocenters. The summed E-state index contributed by atoms with van der Waals surface area (Å²) in [5.74, 6) is 3.48. The van der Waals surface area contributed by atoms with E-state index in [1.807, 2.05) is 46.8 Å². The van der Waals surface area contributed by atoms with E-state index in [0.29, 0.717) is 56.5 Å². The Bertz CT molecular complexity index is 2760. The number of hydrogen-bond acceptors (Lipinski definition) is 7. The minimum Gasteiger partial charge on any atom is -0.496 e. The summed E-state index contributed by atoms with van der Waals surface area (Å²) in [4.78, 5) is 51.7. The molecule has 2 amide bonds. The summed E-state index contributed by atoms with van der Waals surface area (Å²) in [5.41, 5.74) is 10.6. The molecule has 6 unspecified atom stereocenters. The van der Waals surface area contributed by atoms with Crippen LogP contribution < -0.4 is 10.1 Å². The molecule has 2 aliphatic carbocycles. The van der Waals surface area contributed by atoms with Crippen molar-refractivity contribution < 1.29 is 33.0 Å². The Morgan fingerprint density at radius 2 is 1.38 bits per heavy atom. The van der Waals surface area contributed by atoms with Crippen LogP contribution in [-0.2, 0) is 25.7 Å². The standard InChI is InChI=1S/C29H39FN2O2S.C18H30O.C15H21BrO.C7H14.C6H12.C4H10O.C4H8O/c1-19-8-9-20(2)24(35-18-19)22-12-10-21(11-13-22)17-31-26(33)23-7-6-16-32(23)27(34)25(28(3,4)5)29(30)14-15-29;1-6-8-9-11-16(10-7-2)17-12-14(3)15(4)13-18(17)19-5;1-5-10(3)12-8-7-9-13(16)14(12)15(17)11(4)6-2;1-5-7(4)6(2)3;1-6-4-2-3-5-6;1-3-4-5-2;1-3-4(2)5/h10-13,18,23,25H,6-9,14-17H2,1-5H3,(H,31,33);12-13,16H,6-11H2,1-5H3;7-11H,5-6H2,1-4H3;7H,2,5H2,1,3-4H3;6H,2-5H2,1H3;3-4H2,1-2H3;3H2,1-2H3. The van der Waals surface area contributed by atoms with Crippen molar-refractivity contribution >= 4 is 56.0 Å². The molecule has 532 valence electrons. The number of hydrogen-bond donors (Lipinski definition) is 1. The van der Waals surface area contributed by atoms with Gasteiger partial charge < -0.3 is 24.5 Å². The van der Waals surface area contributed by atoms with Crippen LogP contribution in [0.3, 0.4) is 0 Å². The molecule has 8 nitrogen and oxygen atoms in total. The number of carbonyl (C=O) groups is 4. The SMILES string of the molecule is C=C(C)C(C)CC.CC1=CSC(c2ccc(CNC(=O)C3CCCN3C(=O)C(C(C)(C)C)C3(F)CC3)cc2)=C(C)CC1.CC1CCCC1.CCC(C)=O.CCC(C)C(=O)c1c(Br)cccc1C(C)CC.CCCCCC(CCC)c1cc(C)c(C)cc1OC.CCCOC. The lowest BCUT2D eigenvalue weighted by molar-refractivity contribution is -0.148. The Balaban J connectivity index is 0.000000632. The maximum atomic E-state index is 15.1. The fourth-order valence-corrected chi connectivity index (χ4v) is 13.3. The number of ether oxygens (including phenoxy) is 2. The second-order valence-electron chi connectivity index (χ2n) is 28.6. The number of benzene rings is 3. The first-order valence-corrected chi connectivity index (χ1v) is 38.1. The molecule has 94 heavy (non-hydrogen) atoms. The van der Waals surface area contributed by atoms with Gasteiger partial charge in [0.1, 0.15) is 23.2 Å². The summed E-state index contributed by atoms with van der Waals surface area (Å²) in [6.07, 6.45) is 23.1. The summed E-state index contributed by atoms with van der Waals surface area (Å²) < 4.78 is 26.4. The highest BCUT2D eigenvalue weighted by Crippen LogP contribution is 2.54. The number of amides is 2. The zero-order valence-corrected chi connectivity index (χ0v) is 66.0. The molecule has 2 heterocycles. The Morgan fingerprint density at radius 3 is 1.84 bits per heavy atom. The number of nitrogens with one attached hydrogen (secondary N) is 1. The van der Waals surface area contributed by atoms with Gasteiger partial charge in [-0.25, -0.2) is 4.39 Å². The normalized spacial score (nSPS) is 17.2. The van der Waals surface area contributed by atoms with Crippen LogP contribution in [0.5, 0.6) is 5.75 Å². The second-order valence-corrected chi connectivity index (χ2v) is 30.3. The van der Waals surface area contributed by atoms with Crippen molar-refractivity contribution in [3.63, 3.8) is 0 Å². The van der Waals surface area contributed by atoms with E-state index < -0.39 is 23.0 Å². The number of unbranched alkanes of at least 4 members (excludes halogenated alkanes) is 2. The van der Waals surface area contributed by atoms with Gasteiger partial charge in [0.15, 0.2) is 5.78 Å². The first-order chi connectivity index (χ1) is 44.4. The third-order valence-corrected chi connectivity index (χ3v) is 21.1. The molecule has 0 spiro atoms. The van der Waals surface area contributed by atoms with Gasteiger partial charge in [0, 0.05) is 54.1 Å². The predicted molar refractivity (Wildman–Crippen MR) is 408 cm³/mol. The molecule has 3 aromatic carbocycles. The quantitative estimate of drug-likeness (QED) is 0.0541. The van der Waals surface area contributed by atoms with Gasteiger partial charge in [0.25, 0.3) is 0 Å². The number of likely N-dealkylation sites (tertiary alicyclic amines) is 1. The molecule has 1 N–H and O–H groups in total. The lowest BCUT2D eigenvalue weighted by atomic mass is 9.75. The lowest BCUT2D eigenvalue weighted by Crippen LogP contribution is -2.52. The number of alkyl halides is 1. The van der Waals surface area contributed by atoms with E-state index in [-0.39, 0.29) is 29.3 Å². The number of halogens is 2. The van der Waals surface area contributed by atoms with Crippen LogP contribution in [0, 0.1) is 42.9 Å². The molecule has 0 aromatic heterocycles. The number of aryl methyl sites for hydroxylation is 2. The summed E-state index contributed by atoms with van der Waals surface area (Å²) in [7, 11) is 3.51. The number of nitrogens with zero attached hydrogens (tertiary/aromatic N) is 1. The number of ketones is 2. The van der Waals surface area contributed by atoms with E-state index in [2.05, 4.69) is 173 Å². The average molecular weight is 1390 g/mol. The Morgan fingerprint density at radius 1 is 0.777 bits per heavy atom.